The molecule has 7 aromatic carbocycles. The molecule has 8 rings (SSSR count). The van der Waals surface area contributed by atoms with Crippen LogP contribution in [0.15, 0.2) is 176 Å². The molecular weight excluding hydrogens is 884 g/mol. The highest BCUT2D eigenvalue weighted by Crippen LogP contribution is 2.52. The van der Waals surface area contributed by atoms with Gasteiger partial charge in [0.15, 0.2) is 0 Å². The molecule has 0 bridgehead atoms. The number of piperidine rings is 1. The maximum Gasteiger partial charge on any atom is 0.406 e. The summed E-state index contributed by atoms with van der Waals surface area (Å²) in [6.07, 6.45) is 8.54. The van der Waals surface area contributed by atoms with E-state index >= 15 is 13.2 Å². The first kappa shape index (κ1) is 47.3. The normalized spacial score (nSPS) is 15.1. The van der Waals surface area contributed by atoms with Crippen molar-refractivity contribution in [3.05, 3.63) is 204 Å². The first-order valence-corrected chi connectivity index (χ1v) is 25.2. The van der Waals surface area contributed by atoms with E-state index in [9.17, 15) is 0 Å². The second-order valence-electron chi connectivity index (χ2n) is 18.8. The van der Waals surface area contributed by atoms with Crippen LogP contribution in [0.4, 0.5) is 13.2 Å². The van der Waals surface area contributed by atoms with Crippen LogP contribution in [0.1, 0.15) is 98.9 Å². The third-order valence-electron chi connectivity index (χ3n) is 14.3. The molecule has 7 aromatic rings. The fraction of sp³-hybridized carbons (Fsp3) is 0.311. The van der Waals surface area contributed by atoms with Gasteiger partial charge >= 0.3 is 6.18 Å². The zero-order valence-corrected chi connectivity index (χ0v) is 40.2. The molecule has 0 aromatic heterocycles. The lowest BCUT2D eigenvalue weighted by molar-refractivity contribution is -0.166. The summed E-state index contributed by atoms with van der Waals surface area (Å²) in [5, 5.41) is 1.13. The molecule has 1 heterocycles. The molecule has 1 fully saturated rings. The molecule has 1 nitrogen and oxygen atoms in total. The van der Waals surface area contributed by atoms with Gasteiger partial charge in [-0.15, -0.1) is 0 Å². The molecule has 1 unspecified atom stereocenters. The standard InChI is InChI=1S/C61H63BrF3N/c1-46-16-18-47(19-17-46)48-20-22-50(23-21-48)53-30-36-57(37-31-53)60(61(63,64)65,56-14-10-9-11-15-56)58-38-32-54(33-39-58)51-26-24-49(25-27-51)52-28-34-55(35-29-52)59(2)40-44-66(45-41-59)43-13-8-6-4-3-5-7-12-42-62/h9-11,14-39H,3-8,12-13,40-45H2,1-2H3. The fourth-order valence-electron chi connectivity index (χ4n) is 10.1. The molecule has 1 aliphatic rings. The highest BCUT2D eigenvalue weighted by Gasteiger charge is 2.58. The van der Waals surface area contributed by atoms with E-state index in [1.165, 1.54) is 81.9 Å². The van der Waals surface area contributed by atoms with E-state index in [2.05, 4.69) is 120 Å². The predicted octanol–water partition coefficient (Wildman–Crippen LogP) is 17.4. The van der Waals surface area contributed by atoms with Crippen molar-refractivity contribution in [2.45, 2.75) is 95.1 Å². The molecule has 0 amide bonds. The Labute approximate surface area is 400 Å². The molecule has 0 aliphatic carbocycles. The van der Waals surface area contributed by atoms with E-state index in [0.29, 0.717) is 0 Å². The van der Waals surface area contributed by atoms with E-state index in [4.69, 9.17) is 0 Å². The summed E-state index contributed by atoms with van der Waals surface area (Å²) >= 11 is 3.53. The Morgan fingerprint density at radius 3 is 1.17 bits per heavy atom. The number of halogens is 4. The van der Waals surface area contributed by atoms with Gasteiger partial charge in [0.1, 0.15) is 5.41 Å². The molecule has 66 heavy (non-hydrogen) atoms. The Bertz CT molecular complexity index is 2560. The van der Waals surface area contributed by atoms with Gasteiger partial charge in [-0.05, 0) is 124 Å². The molecule has 0 spiro atoms. The van der Waals surface area contributed by atoms with Crippen molar-refractivity contribution in [1.29, 1.82) is 0 Å². The number of hydrogen-bond donors (Lipinski definition) is 0. The average molecular weight is 947 g/mol. The lowest BCUT2D eigenvalue weighted by Crippen LogP contribution is -2.44. The third kappa shape index (κ3) is 10.8. The van der Waals surface area contributed by atoms with Crippen molar-refractivity contribution >= 4 is 15.9 Å². The van der Waals surface area contributed by atoms with Crippen LogP contribution in [0.3, 0.4) is 0 Å². The first-order chi connectivity index (χ1) is 32.1. The van der Waals surface area contributed by atoms with Crippen LogP contribution in [-0.2, 0) is 10.8 Å². The summed E-state index contributed by atoms with van der Waals surface area (Å²) in [7, 11) is 0. The van der Waals surface area contributed by atoms with E-state index in [1.54, 1.807) is 54.6 Å². The van der Waals surface area contributed by atoms with Gasteiger partial charge in [-0.1, -0.05) is 243 Å². The highest BCUT2D eigenvalue weighted by atomic mass is 79.9. The zero-order chi connectivity index (χ0) is 46.0. The molecule has 0 radical (unpaired) electrons. The number of aryl methyl sites for hydroxylation is 1. The summed E-state index contributed by atoms with van der Waals surface area (Å²) in [6, 6.07) is 56.2. The van der Waals surface area contributed by atoms with Crippen molar-refractivity contribution < 1.29 is 13.2 Å². The molecule has 340 valence electrons. The second-order valence-corrected chi connectivity index (χ2v) is 19.6. The van der Waals surface area contributed by atoms with Gasteiger partial charge in [-0.3, -0.25) is 0 Å². The topological polar surface area (TPSA) is 3.24 Å². The quantitative estimate of drug-likeness (QED) is 0.0471. The summed E-state index contributed by atoms with van der Waals surface area (Å²) in [5.74, 6) is 0. The van der Waals surface area contributed by atoms with Crippen LogP contribution in [-0.4, -0.2) is 36.0 Å². The Kier molecular flexibility index (Phi) is 15.5. The summed E-state index contributed by atoms with van der Waals surface area (Å²) < 4.78 is 48.0. The van der Waals surface area contributed by atoms with Crippen LogP contribution in [0.2, 0.25) is 0 Å². The SMILES string of the molecule is Cc1ccc(-c2ccc(-c3ccc(C(c4ccccc4)(c4ccc(-c5ccc(-c6ccc(C7(C)CCN(CCCCCCCCCCBr)CC7)cc6)cc5)cc4)C(F)(F)F)cc3)cc2)cc1. The number of unbranched alkanes of at least 4 members (excludes halogenated alkanes) is 7. The molecule has 0 N–H and O–H groups in total. The largest absolute Gasteiger partial charge is 0.406 e. The van der Waals surface area contributed by atoms with Crippen LogP contribution < -0.4 is 0 Å². The lowest BCUT2D eigenvalue weighted by atomic mass is 9.68. The van der Waals surface area contributed by atoms with Gasteiger partial charge in [0.2, 0.25) is 0 Å². The summed E-state index contributed by atoms with van der Waals surface area (Å²) in [6.45, 7) is 8.04. The highest BCUT2D eigenvalue weighted by molar-refractivity contribution is 9.09. The molecule has 5 heteroatoms. The molecule has 1 atom stereocenters. The Morgan fingerprint density at radius 1 is 0.439 bits per heavy atom. The first-order valence-electron chi connectivity index (χ1n) is 24.1. The molecular formula is C61H63BrF3N. The lowest BCUT2D eigenvalue weighted by Gasteiger charge is -2.40. The van der Waals surface area contributed by atoms with Crippen LogP contribution in [0, 0.1) is 6.92 Å². The molecule has 1 saturated heterocycles. The van der Waals surface area contributed by atoms with E-state index in [-0.39, 0.29) is 22.1 Å². The Morgan fingerprint density at radius 2 is 0.773 bits per heavy atom. The monoisotopic (exact) mass is 945 g/mol. The van der Waals surface area contributed by atoms with Gasteiger partial charge in [0.05, 0.1) is 0 Å². The number of rotatable bonds is 18. The Balaban J connectivity index is 0.936. The van der Waals surface area contributed by atoms with E-state index in [0.717, 1.165) is 62.9 Å². The van der Waals surface area contributed by atoms with E-state index in [1.807, 2.05) is 36.4 Å². The van der Waals surface area contributed by atoms with Crippen molar-refractivity contribution in [2.75, 3.05) is 25.0 Å². The smallest absolute Gasteiger partial charge is 0.303 e. The second kappa shape index (κ2) is 21.6. The van der Waals surface area contributed by atoms with Gasteiger partial charge in [-0.2, -0.15) is 13.2 Å². The number of hydrogen-bond acceptors (Lipinski definition) is 1. The van der Waals surface area contributed by atoms with Crippen LogP contribution >= 0.6 is 15.9 Å². The minimum Gasteiger partial charge on any atom is -0.303 e. The number of alkyl halides is 4. The maximum absolute atomic E-state index is 16.0. The fourth-order valence-corrected chi connectivity index (χ4v) is 10.5. The van der Waals surface area contributed by atoms with Gasteiger partial charge in [-0.25, -0.2) is 0 Å². The average Bonchev–Trinajstić information content (AvgIpc) is 3.35. The third-order valence-corrected chi connectivity index (χ3v) is 14.9. The van der Waals surface area contributed by atoms with Gasteiger partial charge in [0, 0.05) is 5.33 Å². The predicted molar refractivity (Wildman–Crippen MR) is 275 cm³/mol. The zero-order valence-electron chi connectivity index (χ0n) is 38.6. The number of likely N-dealkylation sites (tertiary alicyclic amines) is 1. The number of nitrogens with zero attached hydrogens (tertiary/aromatic N) is 1. The Hall–Kier alpha value is -5.23. The maximum atomic E-state index is 16.0. The summed E-state index contributed by atoms with van der Waals surface area (Å²) in [4.78, 5) is 2.67. The van der Waals surface area contributed by atoms with Crippen molar-refractivity contribution in [1.82, 2.24) is 4.90 Å². The van der Waals surface area contributed by atoms with Crippen LogP contribution in [0.5, 0.6) is 0 Å². The van der Waals surface area contributed by atoms with Gasteiger partial charge < -0.3 is 4.90 Å². The van der Waals surface area contributed by atoms with Crippen molar-refractivity contribution in [3.8, 4) is 44.5 Å². The van der Waals surface area contributed by atoms with Crippen LogP contribution in [0.25, 0.3) is 44.5 Å². The minimum absolute atomic E-state index is 0.173. The van der Waals surface area contributed by atoms with Crippen molar-refractivity contribution in [2.24, 2.45) is 0 Å². The molecule has 0 saturated carbocycles. The van der Waals surface area contributed by atoms with E-state index < -0.39 is 11.6 Å². The number of benzene rings is 7. The minimum atomic E-state index is -4.63. The van der Waals surface area contributed by atoms with Crippen molar-refractivity contribution in [3.63, 3.8) is 0 Å². The van der Waals surface area contributed by atoms with Gasteiger partial charge in [0.25, 0.3) is 0 Å². The molecule has 1 aliphatic heterocycles. The summed E-state index contributed by atoms with van der Waals surface area (Å²) in [5.41, 5.74) is 9.06.